The van der Waals surface area contributed by atoms with E-state index in [1.54, 1.807) is 4.68 Å². The zero-order valence-corrected chi connectivity index (χ0v) is 12.6. The van der Waals surface area contributed by atoms with Gasteiger partial charge in [-0.2, -0.15) is 5.10 Å². The second-order valence-corrected chi connectivity index (χ2v) is 5.43. The monoisotopic (exact) mass is 308 g/mol. The average molecular weight is 309 g/mol. The Bertz CT molecular complexity index is 745. The maximum Gasteiger partial charge on any atom is 0.111 e. The molecule has 0 N–H and O–H groups in total. The first kappa shape index (κ1) is 13.5. The van der Waals surface area contributed by atoms with Crippen LogP contribution in [0.1, 0.15) is 11.5 Å². The molecule has 0 fully saturated rings. The summed E-state index contributed by atoms with van der Waals surface area (Å²) in [7, 11) is 1.91. The highest BCUT2D eigenvalue weighted by molar-refractivity contribution is 6.34. The fraction of sp³-hybridized carbons (Fsp3) is 0.286. The SMILES string of the molecule is Cn1ccc(Cn2c(CCCl)nc3c(Cl)cccc32)n1. The zero-order valence-electron chi connectivity index (χ0n) is 11.1. The van der Waals surface area contributed by atoms with Crippen LogP contribution in [0.25, 0.3) is 11.0 Å². The number of hydrogen-bond donors (Lipinski definition) is 0. The normalized spacial score (nSPS) is 11.3. The van der Waals surface area contributed by atoms with Gasteiger partial charge in [0.25, 0.3) is 0 Å². The van der Waals surface area contributed by atoms with Crippen molar-refractivity contribution in [3.05, 3.63) is 47.0 Å². The Hall–Kier alpha value is -1.52. The molecule has 0 bridgehead atoms. The highest BCUT2D eigenvalue weighted by Gasteiger charge is 2.13. The first-order chi connectivity index (χ1) is 9.69. The van der Waals surface area contributed by atoms with Gasteiger partial charge in [0.05, 0.1) is 22.8 Å². The van der Waals surface area contributed by atoms with Crippen LogP contribution < -0.4 is 0 Å². The van der Waals surface area contributed by atoms with E-state index in [1.165, 1.54) is 0 Å². The van der Waals surface area contributed by atoms with Gasteiger partial charge in [-0.3, -0.25) is 4.68 Å². The maximum absolute atomic E-state index is 6.22. The highest BCUT2D eigenvalue weighted by Crippen LogP contribution is 2.25. The Morgan fingerprint density at radius 3 is 2.80 bits per heavy atom. The molecule has 0 atom stereocenters. The number of nitrogens with zero attached hydrogens (tertiary/aromatic N) is 4. The number of aromatic nitrogens is 4. The molecule has 20 heavy (non-hydrogen) atoms. The maximum atomic E-state index is 6.22. The van der Waals surface area contributed by atoms with Gasteiger partial charge in [-0.1, -0.05) is 17.7 Å². The molecule has 0 unspecified atom stereocenters. The Morgan fingerprint density at radius 2 is 2.10 bits per heavy atom. The predicted molar refractivity (Wildman–Crippen MR) is 81.5 cm³/mol. The van der Waals surface area contributed by atoms with Gasteiger partial charge in [-0.25, -0.2) is 4.98 Å². The van der Waals surface area contributed by atoms with Gasteiger partial charge in [-0.15, -0.1) is 11.6 Å². The van der Waals surface area contributed by atoms with Crippen molar-refractivity contribution in [2.75, 3.05) is 5.88 Å². The van der Waals surface area contributed by atoms with Gasteiger partial charge >= 0.3 is 0 Å². The van der Waals surface area contributed by atoms with E-state index >= 15 is 0 Å². The molecule has 0 aliphatic carbocycles. The lowest BCUT2D eigenvalue weighted by Crippen LogP contribution is -2.06. The van der Waals surface area contributed by atoms with E-state index in [9.17, 15) is 0 Å². The smallest absolute Gasteiger partial charge is 0.111 e. The molecule has 2 aromatic heterocycles. The lowest BCUT2D eigenvalue weighted by molar-refractivity contribution is 0.694. The summed E-state index contributed by atoms with van der Waals surface area (Å²) in [5.74, 6) is 1.47. The van der Waals surface area contributed by atoms with E-state index in [4.69, 9.17) is 23.2 Å². The Kier molecular flexibility index (Phi) is 3.68. The van der Waals surface area contributed by atoms with Crippen LogP contribution in [-0.2, 0) is 20.0 Å². The fourth-order valence-corrected chi connectivity index (χ4v) is 2.70. The number of alkyl halides is 1. The van der Waals surface area contributed by atoms with E-state index in [2.05, 4.69) is 14.6 Å². The summed E-state index contributed by atoms with van der Waals surface area (Å²) >= 11 is 12.1. The summed E-state index contributed by atoms with van der Waals surface area (Å²) < 4.78 is 3.93. The molecule has 0 spiro atoms. The molecule has 0 radical (unpaired) electrons. The summed E-state index contributed by atoms with van der Waals surface area (Å²) in [6.07, 6.45) is 2.64. The van der Waals surface area contributed by atoms with E-state index < -0.39 is 0 Å². The molecule has 3 rings (SSSR count). The molecule has 6 heteroatoms. The summed E-state index contributed by atoms with van der Waals surface area (Å²) in [6.45, 7) is 0.671. The minimum Gasteiger partial charge on any atom is -0.322 e. The second kappa shape index (κ2) is 5.46. The van der Waals surface area contributed by atoms with Crippen LogP contribution in [0.15, 0.2) is 30.5 Å². The lowest BCUT2D eigenvalue weighted by Gasteiger charge is -2.06. The molecule has 0 amide bonds. The third-order valence-electron chi connectivity index (χ3n) is 3.22. The van der Waals surface area contributed by atoms with Crippen LogP contribution in [0.2, 0.25) is 5.02 Å². The van der Waals surface area contributed by atoms with Crippen molar-refractivity contribution in [2.24, 2.45) is 7.05 Å². The van der Waals surface area contributed by atoms with Gasteiger partial charge in [0.1, 0.15) is 11.3 Å². The van der Waals surface area contributed by atoms with E-state index in [0.29, 0.717) is 23.9 Å². The van der Waals surface area contributed by atoms with Gasteiger partial charge in [0.2, 0.25) is 0 Å². The topological polar surface area (TPSA) is 35.6 Å². The van der Waals surface area contributed by atoms with Crippen LogP contribution in [0.5, 0.6) is 0 Å². The molecule has 0 aliphatic heterocycles. The number of benzene rings is 1. The third kappa shape index (κ3) is 2.41. The molecular weight excluding hydrogens is 295 g/mol. The molecular formula is C14H14Cl2N4. The average Bonchev–Trinajstić information content (AvgIpc) is 2.97. The number of para-hydroxylation sites is 1. The molecule has 4 nitrogen and oxygen atoms in total. The van der Waals surface area contributed by atoms with E-state index in [0.717, 1.165) is 22.6 Å². The summed E-state index contributed by atoms with van der Waals surface area (Å²) in [4.78, 5) is 4.62. The summed E-state index contributed by atoms with van der Waals surface area (Å²) in [5, 5.41) is 5.08. The zero-order chi connectivity index (χ0) is 14.1. The standard InChI is InChI=1S/C14H14Cl2N4/c1-19-8-6-10(18-19)9-20-12-4-2-3-11(16)14(12)17-13(20)5-7-15/h2-4,6,8H,5,7,9H2,1H3. The summed E-state index contributed by atoms with van der Waals surface area (Å²) in [5.41, 5.74) is 2.83. The van der Waals surface area contributed by atoms with Crippen molar-refractivity contribution in [2.45, 2.75) is 13.0 Å². The van der Waals surface area contributed by atoms with Crippen molar-refractivity contribution in [3.8, 4) is 0 Å². The van der Waals surface area contributed by atoms with Crippen molar-refractivity contribution in [1.82, 2.24) is 19.3 Å². The first-order valence-electron chi connectivity index (χ1n) is 6.37. The molecule has 2 heterocycles. The number of aryl methyl sites for hydroxylation is 2. The summed E-state index contributed by atoms with van der Waals surface area (Å²) in [6, 6.07) is 7.81. The molecule has 0 saturated heterocycles. The Labute approximate surface area is 126 Å². The fourth-order valence-electron chi connectivity index (χ4n) is 2.32. The number of halogens is 2. The second-order valence-electron chi connectivity index (χ2n) is 4.64. The van der Waals surface area contributed by atoms with Crippen LogP contribution in [0, 0.1) is 0 Å². The first-order valence-corrected chi connectivity index (χ1v) is 7.28. The van der Waals surface area contributed by atoms with Crippen LogP contribution in [0.4, 0.5) is 0 Å². The number of hydrogen-bond acceptors (Lipinski definition) is 2. The molecule has 3 aromatic rings. The number of fused-ring (bicyclic) bond motifs is 1. The minimum atomic E-state index is 0.531. The molecule has 104 valence electrons. The lowest BCUT2D eigenvalue weighted by atomic mass is 10.3. The van der Waals surface area contributed by atoms with Gasteiger partial charge in [-0.05, 0) is 18.2 Å². The van der Waals surface area contributed by atoms with E-state index in [1.807, 2.05) is 37.5 Å². The minimum absolute atomic E-state index is 0.531. The molecule has 1 aromatic carbocycles. The Morgan fingerprint density at radius 1 is 1.25 bits per heavy atom. The largest absolute Gasteiger partial charge is 0.322 e. The number of rotatable bonds is 4. The Balaban J connectivity index is 2.11. The third-order valence-corrected chi connectivity index (χ3v) is 3.71. The van der Waals surface area contributed by atoms with E-state index in [-0.39, 0.29) is 0 Å². The van der Waals surface area contributed by atoms with Crippen LogP contribution in [0.3, 0.4) is 0 Å². The molecule has 0 aliphatic rings. The van der Waals surface area contributed by atoms with Gasteiger partial charge < -0.3 is 4.57 Å². The van der Waals surface area contributed by atoms with Crippen LogP contribution >= 0.6 is 23.2 Å². The van der Waals surface area contributed by atoms with Crippen LogP contribution in [-0.4, -0.2) is 25.2 Å². The van der Waals surface area contributed by atoms with Gasteiger partial charge in [0.15, 0.2) is 0 Å². The van der Waals surface area contributed by atoms with Crippen molar-refractivity contribution in [1.29, 1.82) is 0 Å². The van der Waals surface area contributed by atoms with Crippen molar-refractivity contribution < 1.29 is 0 Å². The highest BCUT2D eigenvalue weighted by atomic mass is 35.5. The molecule has 0 saturated carbocycles. The van der Waals surface area contributed by atoms with Gasteiger partial charge in [0, 0.05) is 25.5 Å². The predicted octanol–water partition coefficient (Wildman–Crippen LogP) is 3.25. The van der Waals surface area contributed by atoms with Crippen molar-refractivity contribution >= 4 is 34.2 Å². The van der Waals surface area contributed by atoms with Crippen molar-refractivity contribution in [3.63, 3.8) is 0 Å². The quantitative estimate of drug-likeness (QED) is 0.694. The number of imidazole rings is 1.